The highest BCUT2D eigenvalue weighted by Crippen LogP contribution is 2.78. The molecule has 1 N–H and O–H groups in total. The number of hydrogen-bond acceptors (Lipinski definition) is 4. The van der Waals surface area contributed by atoms with Crippen LogP contribution in [0.4, 0.5) is 0 Å². The van der Waals surface area contributed by atoms with Crippen molar-refractivity contribution in [1.82, 2.24) is 0 Å². The first-order valence-electron chi connectivity index (χ1n) is 17.4. The topological polar surface area (TPSA) is 80.7 Å². The number of aliphatic carboxylic acids is 1. The van der Waals surface area contributed by atoms with E-state index in [-0.39, 0.29) is 40.2 Å². The summed E-state index contributed by atoms with van der Waals surface area (Å²) < 4.78 is 6.14. The van der Waals surface area contributed by atoms with E-state index in [1.165, 1.54) is 50.5 Å². The zero-order valence-corrected chi connectivity index (χ0v) is 28.5. The van der Waals surface area contributed by atoms with E-state index in [0.29, 0.717) is 41.4 Å². The molecule has 0 amide bonds. The molecule has 0 aromatic heterocycles. The minimum Gasteiger partial charge on any atom is -0.481 e. The molecule has 5 aliphatic carbocycles. The van der Waals surface area contributed by atoms with E-state index >= 15 is 0 Å². The zero-order valence-electron chi connectivity index (χ0n) is 28.5. The minimum absolute atomic E-state index is 0.0992. The first-order valence-corrected chi connectivity index (χ1v) is 17.4. The van der Waals surface area contributed by atoms with Crippen molar-refractivity contribution in [3.8, 4) is 0 Å². The molecule has 5 aliphatic rings. The van der Waals surface area contributed by atoms with Gasteiger partial charge >= 0.3 is 11.9 Å². The first kappa shape index (κ1) is 32.7. The van der Waals surface area contributed by atoms with Crippen LogP contribution in [0.15, 0.2) is 12.2 Å². The molecule has 0 unspecified atom stereocenters. The van der Waals surface area contributed by atoms with Gasteiger partial charge in [-0.3, -0.25) is 9.59 Å². The van der Waals surface area contributed by atoms with Gasteiger partial charge in [0.1, 0.15) is 12.4 Å². The van der Waals surface area contributed by atoms with E-state index < -0.39 is 11.4 Å². The van der Waals surface area contributed by atoms with Gasteiger partial charge in [0.05, 0.1) is 11.8 Å². The molecule has 0 aromatic carbocycles. The summed E-state index contributed by atoms with van der Waals surface area (Å²) in [6.45, 7) is 22.4. The number of allylic oxidation sites excluding steroid dienone is 1. The Balaban J connectivity index is 1.41. The van der Waals surface area contributed by atoms with Crippen LogP contribution in [0, 0.1) is 62.1 Å². The van der Waals surface area contributed by atoms with E-state index in [1.807, 2.05) is 0 Å². The van der Waals surface area contributed by atoms with Crippen molar-refractivity contribution < 1.29 is 24.2 Å². The Morgan fingerprint density at radius 1 is 0.907 bits per heavy atom. The van der Waals surface area contributed by atoms with Crippen molar-refractivity contribution in [3.05, 3.63) is 12.2 Å². The highest BCUT2D eigenvalue weighted by molar-refractivity contribution is 5.81. The molecule has 5 nitrogen and oxygen atoms in total. The van der Waals surface area contributed by atoms with Crippen LogP contribution in [0.25, 0.3) is 0 Å². The number of carboxylic acids is 1. The van der Waals surface area contributed by atoms with Gasteiger partial charge in [0.15, 0.2) is 0 Å². The summed E-state index contributed by atoms with van der Waals surface area (Å²) in [6.07, 6.45) is 14.4. The molecule has 0 aromatic rings. The predicted octanol–water partition coefficient (Wildman–Crippen LogP) is 9.04. The normalized spacial score (nSPS) is 45.1. The van der Waals surface area contributed by atoms with Crippen LogP contribution in [0.2, 0.25) is 0 Å². The fourth-order valence-corrected chi connectivity index (χ4v) is 12.9. The van der Waals surface area contributed by atoms with Crippen LogP contribution in [-0.2, 0) is 19.1 Å². The Morgan fingerprint density at radius 2 is 1.60 bits per heavy atom. The standard InChI is InChI=1S/C38H60O5/c1-24(2)25-13-19-38(16-10-22-39)21-20-36(8)26(31(25)38)11-12-28-35(7)17-15-29(43-30(40)23-33(3,4)32(41)42)34(5,6)27(35)14-18-37(28,36)9/h22,25-29,31H,1,10-21,23H2,2-9H3,(H,41,42)/t25-,26+,27-,28+,29-,31+,35-,36+,37+,38+/m0/s1. The fraction of sp³-hybridized carbons (Fsp3) is 0.868. The van der Waals surface area contributed by atoms with E-state index in [1.54, 1.807) is 13.8 Å². The molecule has 5 saturated carbocycles. The van der Waals surface area contributed by atoms with E-state index in [2.05, 4.69) is 48.1 Å². The Bertz CT molecular complexity index is 1150. The number of fused-ring (bicyclic) bond motifs is 7. The fourth-order valence-electron chi connectivity index (χ4n) is 12.9. The summed E-state index contributed by atoms with van der Waals surface area (Å²) in [4.78, 5) is 36.2. The molecule has 0 bridgehead atoms. The second kappa shape index (κ2) is 10.7. The Kier molecular flexibility index (Phi) is 8.16. The van der Waals surface area contributed by atoms with Gasteiger partial charge in [0, 0.05) is 11.8 Å². The van der Waals surface area contributed by atoms with E-state index in [4.69, 9.17) is 4.74 Å². The van der Waals surface area contributed by atoms with Crippen molar-refractivity contribution in [2.45, 2.75) is 145 Å². The summed E-state index contributed by atoms with van der Waals surface area (Å²) in [7, 11) is 0. The molecule has 0 aliphatic heterocycles. The second-order valence-electron chi connectivity index (χ2n) is 18.0. The van der Waals surface area contributed by atoms with Gasteiger partial charge in [-0.15, -0.1) is 0 Å². The van der Waals surface area contributed by atoms with Crippen LogP contribution in [0.1, 0.15) is 139 Å². The van der Waals surface area contributed by atoms with Gasteiger partial charge in [-0.2, -0.15) is 0 Å². The molecular weight excluding hydrogens is 536 g/mol. The lowest BCUT2D eigenvalue weighted by Crippen LogP contribution is -2.66. The van der Waals surface area contributed by atoms with Crippen LogP contribution in [-0.4, -0.2) is 29.4 Å². The first-order chi connectivity index (χ1) is 19.9. The smallest absolute Gasteiger partial charge is 0.309 e. The second-order valence-corrected chi connectivity index (χ2v) is 18.0. The minimum atomic E-state index is -1.13. The van der Waals surface area contributed by atoms with Crippen molar-refractivity contribution in [2.75, 3.05) is 0 Å². The van der Waals surface area contributed by atoms with Crippen molar-refractivity contribution >= 4 is 18.2 Å². The molecule has 5 heteroatoms. The highest BCUT2D eigenvalue weighted by atomic mass is 16.5. The summed E-state index contributed by atoms with van der Waals surface area (Å²) in [5.41, 5.74) is 1.08. The van der Waals surface area contributed by atoms with E-state index in [0.717, 1.165) is 32.0 Å². The van der Waals surface area contributed by atoms with Crippen molar-refractivity contribution in [3.63, 3.8) is 0 Å². The van der Waals surface area contributed by atoms with Crippen LogP contribution >= 0.6 is 0 Å². The van der Waals surface area contributed by atoms with Crippen molar-refractivity contribution in [2.24, 2.45) is 62.1 Å². The average molecular weight is 597 g/mol. The number of ether oxygens (including phenoxy) is 1. The van der Waals surface area contributed by atoms with Crippen LogP contribution in [0.5, 0.6) is 0 Å². The molecular formula is C38H60O5. The third kappa shape index (κ3) is 4.79. The van der Waals surface area contributed by atoms with Gasteiger partial charge in [-0.25, -0.2) is 0 Å². The van der Waals surface area contributed by atoms with Gasteiger partial charge in [0.2, 0.25) is 0 Å². The SMILES string of the molecule is C=C(C)[C@@H]1CC[C@]2(CCC=O)CC[C@]3(C)[C@H](CC[C@@H]4[C@@]5(C)CC[C@H](OC(=O)CC(C)(C)C(=O)O)C(C)(C)[C@@H]5CC[C@]43C)[C@@H]12. The third-order valence-electron chi connectivity index (χ3n) is 15.4. The number of carbonyl (C=O) groups excluding carboxylic acids is 2. The molecule has 5 fully saturated rings. The van der Waals surface area contributed by atoms with Gasteiger partial charge in [0.25, 0.3) is 0 Å². The molecule has 10 atom stereocenters. The summed E-state index contributed by atoms with van der Waals surface area (Å²) in [6, 6.07) is 0. The predicted molar refractivity (Wildman–Crippen MR) is 170 cm³/mol. The summed E-state index contributed by atoms with van der Waals surface area (Å²) >= 11 is 0. The lowest BCUT2D eigenvalue weighted by molar-refractivity contribution is -0.250. The van der Waals surface area contributed by atoms with Crippen LogP contribution < -0.4 is 0 Å². The quantitative estimate of drug-likeness (QED) is 0.172. The number of carbonyl (C=O) groups is 3. The monoisotopic (exact) mass is 596 g/mol. The number of carboxylic acid groups (broad SMARTS) is 1. The molecule has 0 heterocycles. The average Bonchev–Trinajstić information content (AvgIpc) is 3.29. The van der Waals surface area contributed by atoms with Crippen LogP contribution in [0.3, 0.4) is 0 Å². The maximum absolute atomic E-state index is 13.0. The van der Waals surface area contributed by atoms with Crippen molar-refractivity contribution in [1.29, 1.82) is 0 Å². The Labute approximate surface area is 261 Å². The molecule has 0 radical (unpaired) electrons. The maximum atomic E-state index is 13.0. The summed E-state index contributed by atoms with van der Waals surface area (Å²) in [5, 5.41) is 9.54. The van der Waals surface area contributed by atoms with Gasteiger partial charge in [-0.1, -0.05) is 46.8 Å². The highest BCUT2D eigenvalue weighted by Gasteiger charge is 2.71. The van der Waals surface area contributed by atoms with E-state index in [9.17, 15) is 19.5 Å². The molecule has 242 valence electrons. The third-order valence-corrected chi connectivity index (χ3v) is 15.4. The van der Waals surface area contributed by atoms with Gasteiger partial charge < -0.3 is 14.6 Å². The number of rotatable bonds is 8. The largest absolute Gasteiger partial charge is 0.481 e. The summed E-state index contributed by atoms with van der Waals surface area (Å²) in [5.74, 6) is 1.66. The number of hydrogen-bond donors (Lipinski definition) is 1. The van der Waals surface area contributed by atoms with Gasteiger partial charge in [-0.05, 0) is 143 Å². The number of aldehydes is 1. The maximum Gasteiger partial charge on any atom is 0.309 e. The lowest BCUT2D eigenvalue weighted by atomic mass is 9.32. The Hall–Kier alpha value is -1.65. The Morgan fingerprint density at radius 3 is 2.23 bits per heavy atom. The molecule has 0 saturated heterocycles. The number of esters is 1. The lowest BCUT2D eigenvalue weighted by Gasteiger charge is -2.73. The zero-order chi connectivity index (χ0) is 31.8. The molecule has 43 heavy (non-hydrogen) atoms. The molecule has 5 rings (SSSR count). The molecule has 0 spiro atoms.